The average Bonchev–Trinajstić information content (AvgIpc) is 3.20. The summed E-state index contributed by atoms with van der Waals surface area (Å²) in [7, 11) is 0. The molecule has 16 heavy (non-hydrogen) atoms. The van der Waals surface area contributed by atoms with Crippen molar-refractivity contribution in [2.24, 2.45) is 11.8 Å². The van der Waals surface area contributed by atoms with Gasteiger partial charge in [0.2, 0.25) is 0 Å². The molecule has 0 unspecified atom stereocenters. The third-order valence-electron chi connectivity index (χ3n) is 4.43. The first-order valence-electron chi connectivity index (χ1n) is 5.97. The van der Waals surface area contributed by atoms with Crippen molar-refractivity contribution < 1.29 is 9.13 Å². The van der Waals surface area contributed by atoms with E-state index in [9.17, 15) is 0 Å². The zero-order valence-corrected chi connectivity index (χ0v) is 8.82. The van der Waals surface area contributed by atoms with Crippen molar-refractivity contribution in [3.05, 3.63) is 48.8 Å². The van der Waals surface area contributed by atoms with E-state index in [2.05, 4.69) is 57.9 Å². The minimum atomic E-state index is 0.793. The van der Waals surface area contributed by atoms with E-state index in [1.165, 1.54) is 11.4 Å². The summed E-state index contributed by atoms with van der Waals surface area (Å²) in [6.45, 7) is 0. The predicted molar refractivity (Wildman–Crippen MR) is 57.3 cm³/mol. The fourth-order valence-electron chi connectivity index (χ4n) is 3.55. The maximum absolute atomic E-state index is 2.48. The average molecular weight is 208 g/mol. The third-order valence-corrected chi connectivity index (χ3v) is 4.43. The molecular formula is C14H12N2+2. The molecule has 2 nitrogen and oxygen atoms in total. The second kappa shape index (κ2) is 2.19. The summed E-state index contributed by atoms with van der Waals surface area (Å²) < 4.78 is 4.95. The van der Waals surface area contributed by atoms with Crippen LogP contribution in [-0.4, -0.2) is 0 Å². The maximum atomic E-state index is 2.48. The fourth-order valence-corrected chi connectivity index (χ4v) is 3.55. The van der Waals surface area contributed by atoms with Gasteiger partial charge in [-0.25, -0.2) is 0 Å². The first-order valence-corrected chi connectivity index (χ1v) is 5.97. The Morgan fingerprint density at radius 3 is 1.69 bits per heavy atom. The number of hydrogen-bond acceptors (Lipinski definition) is 0. The molecule has 3 heterocycles. The number of rotatable bonds is 0. The lowest BCUT2D eigenvalue weighted by atomic mass is 10.2. The highest BCUT2D eigenvalue weighted by molar-refractivity contribution is 5.47. The molecule has 2 saturated carbocycles. The molecule has 0 atom stereocenters. The van der Waals surface area contributed by atoms with Gasteiger partial charge in [-0.05, 0) is 12.1 Å². The van der Waals surface area contributed by atoms with Crippen molar-refractivity contribution in [2.45, 2.75) is 12.1 Å². The Balaban J connectivity index is 1.91. The highest BCUT2D eigenvalue weighted by Gasteiger charge is 2.88. The summed E-state index contributed by atoms with van der Waals surface area (Å²) >= 11 is 0. The Labute approximate surface area is 93.8 Å². The normalized spacial score (nSPS) is 35.5. The van der Waals surface area contributed by atoms with E-state index in [-0.39, 0.29) is 0 Å². The Hall–Kier alpha value is -1.70. The van der Waals surface area contributed by atoms with Crippen molar-refractivity contribution >= 4 is 0 Å². The molecule has 0 saturated heterocycles. The van der Waals surface area contributed by atoms with Crippen LogP contribution in [0.1, 0.15) is 12.1 Å². The molecule has 0 bridgehead atoms. The van der Waals surface area contributed by atoms with Crippen molar-refractivity contribution in [3.8, 4) is 11.4 Å². The van der Waals surface area contributed by atoms with Crippen LogP contribution in [-0.2, 0) is 0 Å². The molecule has 2 heteroatoms. The summed E-state index contributed by atoms with van der Waals surface area (Å²) in [6.07, 6.45) is 4.48. The fraction of sp³-hybridized carbons (Fsp3) is 0.286. The molecule has 1 aliphatic heterocycles. The van der Waals surface area contributed by atoms with Crippen LogP contribution < -0.4 is 9.13 Å². The Morgan fingerprint density at radius 2 is 1.19 bits per heavy atom. The molecular weight excluding hydrogens is 196 g/mol. The molecule has 0 N–H and O–H groups in total. The molecule has 2 aromatic heterocycles. The van der Waals surface area contributed by atoms with Gasteiger partial charge in [0.05, 0.1) is 11.8 Å². The van der Waals surface area contributed by atoms with Gasteiger partial charge in [-0.1, -0.05) is 0 Å². The molecule has 0 radical (unpaired) electrons. The van der Waals surface area contributed by atoms with E-state index in [4.69, 9.17) is 0 Å². The lowest BCUT2D eigenvalue weighted by Crippen LogP contribution is -2.38. The molecule has 2 aliphatic carbocycles. The van der Waals surface area contributed by atoms with Gasteiger partial charge in [-0.3, -0.25) is 0 Å². The lowest BCUT2D eigenvalue weighted by molar-refractivity contribution is -0.720. The van der Waals surface area contributed by atoms with Gasteiger partial charge in [-0.15, -0.1) is 0 Å². The number of nitrogens with zero attached hydrogens (tertiary/aromatic N) is 2. The number of aromatic nitrogens is 2. The van der Waals surface area contributed by atoms with E-state index < -0.39 is 0 Å². The summed E-state index contributed by atoms with van der Waals surface area (Å²) in [5, 5.41) is 0. The van der Waals surface area contributed by atoms with Gasteiger partial charge in [0, 0.05) is 24.3 Å². The molecule has 0 amide bonds. The minimum Gasteiger partial charge on any atom is -0.189 e. The van der Waals surface area contributed by atoms with E-state index in [0.29, 0.717) is 0 Å². The smallest absolute Gasteiger partial charge is 0.189 e. The zero-order chi connectivity index (χ0) is 10.3. The topological polar surface area (TPSA) is 7.76 Å². The van der Waals surface area contributed by atoms with Crippen LogP contribution in [0.2, 0.25) is 0 Å². The Bertz CT molecular complexity index is 556. The van der Waals surface area contributed by atoms with Crippen LogP contribution in [0, 0.1) is 11.8 Å². The van der Waals surface area contributed by atoms with Crippen molar-refractivity contribution in [1.82, 2.24) is 0 Å². The van der Waals surface area contributed by atoms with Crippen LogP contribution in [0.3, 0.4) is 0 Å². The van der Waals surface area contributed by atoms with Crippen molar-refractivity contribution in [3.63, 3.8) is 0 Å². The van der Waals surface area contributed by atoms with Crippen LogP contribution in [0.4, 0.5) is 0 Å². The summed E-state index contributed by atoms with van der Waals surface area (Å²) in [4.78, 5) is 0. The maximum Gasteiger partial charge on any atom is 0.277 e. The third kappa shape index (κ3) is 0.673. The summed E-state index contributed by atoms with van der Waals surface area (Å²) in [5.74, 6) is 1.83. The highest BCUT2D eigenvalue weighted by atomic mass is 15.3. The quantitative estimate of drug-likeness (QED) is 0.576. The van der Waals surface area contributed by atoms with E-state index in [1.807, 2.05) is 0 Å². The Kier molecular flexibility index (Phi) is 1.03. The van der Waals surface area contributed by atoms with Gasteiger partial charge in [0.15, 0.2) is 24.5 Å². The van der Waals surface area contributed by atoms with E-state index in [0.717, 1.165) is 23.9 Å². The van der Waals surface area contributed by atoms with Crippen LogP contribution in [0.25, 0.3) is 11.4 Å². The van der Waals surface area contributed by atoms with Gasteiger partial charge in [0.1, 0.15) is 0 Å². The number of hydrogen-bond donors (Lipinski definition) is 0. The van der Waals surface area contributed by atoms with Crippen molar-refractivity contribution in [1.29, 1.82) is 0 Å². The molecule has 5 rings (SSSR count). The van der Waals surface area contributed by atoms with Gasteiger partial charge in [-0.2, -0.15) is 9.13 Å². The Morgan fingerprint density at radius 1 is 0.688 bits per heavy atom. The molecule has 0 spiro atoms. The van der Waals surface area contributed by atoms with Gasteiger partial charge in [0.25, 0.3) is 11.4 Å². The number of fused-ring (bicyclic) bond motifs is 7. The predicted octanol–water partition coefficient (Wildman–Crippen LogP) is 1.28. The highest BCUT2D eigenvalue weighted by Crippen LogP contribution is 2.75. The largest absolute Gasteiger partial charge is 0.277 e. The van der Waals surface area contributed by atoms with Crippen LogP contribution >= 0.6 is 0 Å². The molecule has 3 aliphatic rings. The molecule has 2 aromatic rings. The van der Waals surface area contributed by atoms with Gasteiger partial charge >= 0.3 is 0 Å². The molecule has 0 aromatic carbocycles. The number of pyridine rings is 2. The molecule has 2 fully saturated rings. The van der Waals surface area contributed by atoms with E-state index >= 15 is 0 Å². The second-order valence-electron chi connectivity index (χ2n) is 5.12. The van der Waals surface area contributed by atoms with Gasteiger partial charge < -0.3 is 0 Å². The van der Waals surface area contributed by atoms with Crippen LogP contribution in [0.15, 0.2) is 48.8 Å². The SMILES string of the molecule is c1cc[n+]2c(c1)-c1cccc[n+]1C1C3C1C32. The summed E-state index contributed by atoms with van der Waals surface area (Å²) in [5.41, 5.74) is 2.75. The van der Waals surface area contributed by atoms with Crippen molar-refractivity contribution in [2.75, 3.05) is 0 Å². The van der Waals surface area contributed by atoms with E-state index in [1.54, 1.807) is 0 Å². The summed E-state index contributed by atoms with van der Waals surface area (Å²) in [6, 6.07) is 14.6. The monoisotopic (exact) mass is 208 g/mol. The lowest BCUT2D eigenvalue weighted by Gasteiger charge is -1.98. The molecule has 76 valence electrons. The zero-order valence-electron chi connectivity index (χ0n) is 8.82. The first-order chi connectivity index (χ1) is 7.97. The second-order valence-corrected chi connectivity index (χ2v) is 5.12. The van der Waals surface area contributed by atoms with Crippen LogP contribution in [0.5, 0.6) is 0 Å². The minimum absolute atomic E-state index is 0.793. The standard InChI is InChI=1S/C14H12N2/c1-3-7-15-9(5-1)10-6-2-4-8-16(10)14-11-12(14)13(11)15/h1-8,11-14H/q+2. The first kappa shape index (κ1) is 7.55.